The Morgan fingerprint density at radius 2 is 2.00 bits per heavy atom. The summed E-state index contributed by atoms with van der Waals surface area (Å²) >= 11 is 7.50. The smallest absolute Gasteiger partial charge is 0.231 e. The van der Waals surface area contributed by atoms with E-state index in [1.807, 2.05) is 30.0 Å². The van der Waals surface area contributed by atoms with Gasteiger partial charge in [0.05, 0.1) is 5.75 Å². The number of aromatic nitrogens is 2. The van der Waals surface area contributed by atoms with Crippen LogP contribution in [0.3, 0.4) is 0 Å². The number of nitrogens with one attached hydrogen (secondary N) is 1. The fourth-order valence-corrected chi connectivity index (χ4v) is 4.96. The average molecular weight is 520 g/mol. The first-order valence-electron chi connectivity index (χ1n) is 11.7. The fourth-order valence-electron chi connectivity index (χ4n) is 4.05. The van der Waals surface area contributed by atoms with Gasteiger partial charge in [-0.2, -0.15) is 0 Å². The highest BCUT2D eigenvalue weighted by molar-refractivity contribution is 7.99. The lowest BCUT2D eigenvalue weighted by Gasteiger charge is -2.40. The number of thioether (sulfide) groups is 1. The van der Waals surface area contributed by atoms with Crippen molar-refractivity contribution in [2.75, 3.05) is 37.1 Å². The molecule has 2 amide bonds. The molecule has 3 heterocycles. The molecule has 35 heavy (non-hydrogen) atoms. The minimum absolute atomic E-state index is 0.0711. The lowest BCUT2D eigenvalue weighted by Crippen LogP contribution is -2.54. The molecule has 1 fully saturated rings. The van der Waals surface area contributed by atoms with E-state index in [1.165, 1.54) is 11.8 Å². The second-order valence-electron chi connectivity index (χ2n) is 9.06. The Labute approximate surface area is 214 Å². The van der Waals surface area contributed by atoms with Crippen molar-refractivity contribution in [3.05, 3.63) is 35.0 Å². The minimum Gasteiger partial charge on any atom is -0.454 e. The van der Waals surface area contributed by atoms with Crippen molar-refractivity contribution >= 4 is 41.0 Å². The first-order chi connectivity index (χ1) is 16.8. The SMILES string of the molecule is CC(C)CC(=O)N1CCN(c2cc(Cl)nc(SCC(=O)NCc3ccc4c(c3)OCO4)n2)CC1C. The first-order valence-corrected chi connectivity index (χ1v) is 13.0. The second-order valence-corrected chi connectivity index (χ2v) is 10.4. The number of halogens is 1. The Hall–Kier alpha value is -2.72. The molecule has 1 atom stereocenters. The van der Waals surface area contributed by atoms with Crippen molar-refractivity contribution in [1.29, 1.82) is 0 Å². The molecule has 2 aromatic rings. The average Bonchev–Trinajstić information content (AvgIpc) is 3.28. The van der Waals surface area contributed by atoms with E-state index < -0.39 is 0 Å². The van der Waals surface area contributed by atoms with E-state index in [0.717, 1.165) is 5.56 Å². The van der Waals surface area contributed by atoms with Gasteiger partial charge in [-0.25, -0.2) is 9.97 Å². The Morgan fingerprint density at radius 3 is 2.77 bits per heavy atom. The molecule has 0 bridgehead atoms. The molecule has 1 unspecified atom stereocenters. The van der Waals surface area contributed by atoms with E-state index in [9.17, 15) is 9.59 Å². The highest BCUT2D eigenvalue weighted by Crippen LogP contribution is 2.32. The maximum atomic E-state index is 12.5. The molecule has 1 aromatic carbocycles. The third-order valence-electron chi connectivity index (χ3n) is 5.77. The number of benzene rings is 1. The standard InChI is InChI=1S/C24H30ClN5O4S/c1-15(2)8-23(32)30-7-6-29(12-16(30)3)21-10-20(25)27-24(28-21)35-13-22(31)26-11-17-4-5-18-19(9-17)34-14-33-18/h4-5,9-10,15-16H,6-8,11-14H2,1-3H3,(H,26,31). The molecular formula is C24H30ClN5O4S. The second kappa shape index (κ2) is 11.3. The number of piperazine rings is 1. The first kappa shape index (κ1) is 25.4. The molecule has 188 valence electrons. The van der Waals surface area contributed by atoms with Crippen molar-refractivity contribution in [2.45, 2.75) is 44.9 Å². The van der Waals surface area contributed by atoms with Gasteiger partial charge in [-0.1, -0.05) is 43.3 Å². The van der Waals surface area contributed by atoms with Crippen LogP contribution in [0.25, 0.3) is 0 Å². The summed E-state index contributed by atoms with van der Waals surface area (Å²) < 4.78 is 10.7. The molecule has 2 aliphatic heterocycles. The number of anilines is 1. The van der Waals surface area contributed by atoms with Crippen LogP contribution >= 0.6 is 23.4 Å². The molecule has 1 saturated heterocycles. The number of nitrogens with zero attached hydrogens (tertiary/aromatic N) is 4. The Morgan fingerprint density at radius 1 is 1.20 bits per heavy atom. The molecule has 4 rings (SSSR count). The van der Waals surface area contributed by atoms with Crippen LogP contribution < -0.4 is 19.7 Å². The van der Waals surface area contributed by atoms with E-state index in [4.69, 9.17) is 21.1 Å². The number of ether oxygens (including phenoxy) is 2. The predicted octanol–water partition coefficient (Wildman–Crippen LogP) is 3.35. The summed E-state index contributed by atoms with van der Waals surface area (Å²) in [6.07, 6.45) is 0.557. The zero-order valence-electron chi connectivity index (χ0n) is 20.1. The van der Waals surface area contributed by atoms with Gasteiger partial charge in [0, 0.05) is 44.7 Å². The number of fused-ring (bicyclic) bond motifs is 1. The van der Waals surface area contributed by atoms with Crippen LogP contribution in [0.2, 0.25) is 5.15 Å². The van der Waals surface area contributed by atoms with Crippen molar-refractivity contribution in [3.8, 4) is 11.5 Å². The van der Waals surface area contributed by atoms with Crippen LogP contribution in [0, 0.1) is 5.92 Å². The summed E-state index contributed by atoms with van der Waals surface area (Å²) in [5, 5.41) is 3.66. The van der Waals surface area contributed by atoms with Gasteiger partial charge in [-0.15, -0.1) is 0 Å². The lowest BCUT2D eigenvalue weighted by atomic mass is 10.1. The van der Waals surface area contributed by atoms with Crippen LogP contribution in [0.4, 0.5) is 5.82 Å². The van der Waals surface area contributed by atoms with E-state index in [0.29, 0.717) is 66.1 Å². The Balaban J connectivity index is 1.29. The van der Waals surface area contributed by atoms with Crippen molar-refractivity contribution in [2.24, 2.45) is 5.92 Å². The van der Waals surface area contributed by atoms with Crippen LogP contribution in [-0.2, 0) is 16.1 Å². The van der Waals surface area contributed by atoms with E-state index in [1.54, 1.807) is 6.07 Å². The van der Waals surface area contributed by atoms with Gasteiger partial charge in [0.15, 0.2) is 16.7 Å². The van der Waals surface area contributed by atoms with Gasteiger partial charge >= 0.3 is 0 Å². The highest BCUT2D eigenvalue weighted by atomic mass is 35.5. The summed E-state index contributed by atoms with van der Waals surface area (Å²) in [5.41, 5.74) is 0.925. The largest absolute Gasteiger partial charge is 0.454 e. The monoisotopic (exact) mass is 519 g/mol. The lowest BCUT2D eigenvalue weighted by molar-refractivity contribution is -0.134. The maximum Gasteiger partial charge on any atom is 0.231 e. The summed E-state index contributed by atoms with van der Waals surface area (Å²) in [7, 11) is 0. The number of hydrogen-bond acceptors (Lipinski definition) is 8. The normalized spacial score (nSPS) is 17.1. The maximum absolute atomic E-state index is 12.5. The van der Waals surface area contributed by atoms with Gasteiger partial charge in [0.25, 0.3) is 0 Å². The van der Waals surface area contributed by atoms with Crippen LogP contribution in [0.5, 0.6) is 11.5 Å². The zero-order chi connectivity index (χ0) is 24.9. The molecule has 0 radical (unpaired) electrons. The van der Waals surface area contributed by atoms with Gasteiger partial charge in [0.1, 0.15) is 11.0 Å². The third-order valence-corrected chi connectivity index (χ3v) is 6.82. The van der Waals surface area contributed by atoms with Gasteiger partial charge in [0.2, 0.25) is 18.6 Å². The summed E-state index contributed by atoms with van der Waals surface area (Å²) in [5.74, 6) is 2.66. The molecular weight excluding hydrogens is 490 g/mol. The van der Waals surface area contributed by atoms with E-state index in [2.05, 4.69) is 34.0 Å². The van der Waals surface area contributed by atoms with Crippen molar-refractivity contribution in [1.82, 2.24) is 20.2 Å². The summed E-state index contributed by atoms with van der Waals surface area (Å²) in [6, 6.07) is 7.38. The van der Waals surface area contributed by atoms with Gasteiger partial charge in [-0.3, -0.25) is 9.59 Å². The summed E-state index contributed by atoms with van der Waals surface area (Å²) in [6.45, 7) is 8.73. The minimum atomic E-state index is -0.135. The molecule has 2 aliphatic rings. The van der Waals surface area contributed by atoms with E-state index in [-0.39, 0.29) is 30.4 Å². The Kier molecular flexibility index (Phi) is 8.22. The fraction of sp³-hybridized carbons (Fsp3) is 0.500. The van der Waals surface area contributed by atoms with Gasteiger partial charge in [-0.05, 0) is 30.5 Å². The zero-order valence-corrected chi connectivity index (χ0v) is 21.7. The highest BCUT2D eigenvalue weighted by Gasteiger charge is 2.28. The number of rotatable bonds is 8. The van der Waals surface area contributed by atoms with E-state index >= 15 is 0 Å². The quantitative estimate of drug-likeness (QED) is 0.322. The van der Waals surface area contributed by atoms with Crippen LogP contribution in [0.15, 0.2) is 29.4 Å². The summed E-state index contributed by atoms with van der Waals surface area (Å²) in [4.78, 5) is 37.9. The van der Waals surface area contributed by atoms with Crippen molar-refractivity contribution < 1.29 is 19.1 Å². The molecule has 1 N–H and O–H groups in total. The molecule has 0 saturated carbocycles. The molecule has 0 aliphatic carbocycles. The molecule has 1 aromatic heterocycles. The topological polar surface area (TPSA) is 96.9 Å². The predicted molar refractivity (Wildman–Crippen MR) is 135 cm³/mol. The number of hydrogen-bond donors (Lipinski definition) is 1. The van der Waals surface area contributed by atoms with Crippen LogP contribution in [0.1, 0.15) is 32.8 Å². The number of carbonyl (C=O) groups is 2. The number of amides is 2. The molecule has 11 heteroatoms. The van der Waals surface area contributed by atoms with Gasteiger partial charge < -0.3 is 24.6 Å². The number of carbonyl (C=O) groups excluding carboxylic acids is 2. The molecule has 0 spiro atoms. The molecule has 9 nitrogen and oxygen atoms in total. The third kappa shape index (κ3) is 6.70. The Bertz CT molecular complexity index is 1090. The van der Waals surface area contributed by atoms with Crippen LogP contribution in [-0.4, -0.2) is 64.9 Å². The van der Waals surface area contributed by atoms with Crippen molar-refractivity contribution in [3.63, 3.8) is 0 Å².